The molecule has 3 aromatic rings. The number of hydrogen-bond donors (Lipinski definition) is 3. The summed E-state index contributed by atoms with van der Waals surface area (Å²) in [5.41, 5.74) is 2.19. The number of imidazole rings is 1. The molecule has 3 N–H and O–H groups in total. The van der Waals surface area contributed by atoms with Gasteiger partial charge >= 0.3 is 0 Å². The Morgan fingerprint density at radius 1 is 1.39 bits per heavy atom. The minimum absolute atomic E-state index is 0.190. The Kier molecular flexibility index (Phi) is 5.87. The minimum atomic E-state index is -0.190. The first kappa shape index (κ1) is 18.9. The SMILES string of the molecule is O=C(NCCCc1nc2ccc(Cl)cc2[nH]1)c1cn(CC2CCCNC2)nn1. The number of hydrogen-bond acceptors (Lipinski definition) is 5. The first-order valence-electron chi connectivity index (χ1n) is 9.70. The summed E-state index contributed by atoms with van der Waals surface area (Å²) in [5, 5.41) is 15.1. The maximum atomic E-state index is 12.3. The van der Waals surface area contributed by atoms with E-state index in [1.807, 2.05) is 18.2 Å². The first-order valence-corrected chi connectivity index (χ1v) is 10.1. The van der Waals surface area contributed by atoms with E-state index in [1.54, 1.807) is 10.9 Å². The summed E-state index contributed by atoms with van der Waals surface area (Å²) in [7, 11) is 0. The molecule has 1 aliphatic rings. The number of nitrogens with zero attached hydrogens (tertiary/aromatic N) is 4. The predicted molar refractivity (Wildman–Crippen MR) is 107 cm³/mol. The van der Waals surface area contributed by atoms with Crippen LogP contribution in [-0.2, 0) is 13.0 Å². The van der Waals surface area contributed by atoms with E-state index in [-0.39, 0.29) is 5.91 Å². The zero-order chi connectivity index (χ0) is 19.3. The van der Waals surface area contributed by atoms with E-state index in [9.17, 15) is 4.79 Å². The maximum absolute atomic E-state index is 12.3. The predicted octanol–water partition coefficient (Wildman–Crippen LogP) is 2.17. The van der Waals surface area contributed by atoms with E-state index in [1.165, 1.54) is 12.8 Å². The Bertz CT molecular complexity index is 945. The van der Waals surface area contributed by atoms with Crippen LogP contribution in [0.5, 0.6) is 0 Å². The topological polar surface area (TPSA) is 101 Å². The number of nitrogens with one attached hydrogen (secondary N) is 3. The smallest absolute Gasteiger partial charge is 0.273 e. The van der Waals surface area contributed by atoms with Crippen LogP contribution < -0.4 is 10.6 Å². The van der Waals surface area contributed by atoms with Gasteiger partial charge in [-0.3, -0.25) is 9.48 Å². The number of fused-ring (bicyclic) bond motifs is 1. The van der Waals surface area contributed by atoms with Crippen LogP contribution in [0.1, 0.15) is 35.6 Å². The van der Waals surface area contributed by atoms with Crippen molar-refractivity contribution in [1.29, 1.82) is 0 Å². The molecular formula is C19H24ClN7O. The Labute approximate surface area is 168 Å². The zero-order valence-electron chi connectivity index (χ0n) is 15.6. The minimum Gasteiger partial charge on any atom is -0.351 e. The molecule has 0 aliphatic carbocycles. The third-order valence-electron chi connectivity index (χ3n) is 4.98. The van der Waals surface area contributed by atoms with Gasteiger partial charge in [0.05, 0.1) is 17.2 Å². The van der Waals surface area contributed by atoms with Gasteiger partial charge in [0, 0.05) is 24.5 Å². The molecule has 4 rings (SSSR count). The van der Waals surface area contributed by atoms with E-state index >= 15 is 0 Å². The van der Waals surface area contributed by atoms with Crippen molar-refractivity contribution in [1.82, 2.24) is 35.6 Å². The van der Waals surface area contributed by atoms with Gasteiger partial charge in [-0.15, -0.1) is 5.10 Å². The molecule has 9 heteroatoms. The molecule has 148 valence electrons. The number of benzene rings is 1. The summed E-state index contributed by atoms with van der Waals surface area (Å²) in [6.07, 6.45) is 5.62. The number of amides is 1. The number of carbonyl (C=O) groups excluding carboxylic acids is 1. The number of piperidine rings is 1. The summed E-state index contributed by atoms with van der Waals surface area (Å²) >= 11 is 5.99. The molecule has 3 heterocycles. The van der Waals surface area contributed by atoms with Crippen molar-refractivity contribution >= 4 is 28.5 Å². The van der Waals surface area contributed by atoms with Gasteiger partial charge in [0.2, 0.25) is 0 Å². The first-order chi connectivity index (χ1) is 13.7. The number of H-pyrrole nitrogens is 1. The van der Waals surface area contributed by atoms with Crippen LogP contribution in [0.2, 0.25) is 5.02 Å². The highest BCUT2D eigenvalue weighted by Crippen LogP contribution is 2.17. The molecular weight excluding hydrogens is 378 g/mol. The molecule has 28 heavy (non-hydrogen) atoms. The molecule has 0 radical (unpaired) electrons. The van der Waals surface area contributed by atoms with Crippen molar-refractivity contribution < 1.29 is 4.79 Å². The van der Waals surface area contributed by atoms with Crippen molar-refractivity contribution in [3.05, 3.63) is 40.9 Å². The summed E-state index contributed by atoms with van der Waals surface area (Å²) in [6.45, 7) is 3.43. The quantitative estimate of drug-likeness (QED) is 0.527. The normalized spacial score (nSPS) is 17.1. The van der Waals surface area contributed by atoms with Crippen molar-refractivity contribution in [2.45, 2.75) is 32.2 Å². The second-order valence-corrected chi connectivity index (χ2v) is 7.68. The van der Waals surface area contributed by atoms with E-state index in [0.29, 0.717) is 23.2 Å². The fourth-order valence-electron chi connectivity index (χ4n) is 3.54. The van der Waals surface area contributed by atoms with Crippen LogP contribution in [0.25, 0.3) is 11.0 Å². The molecule has 2 aromatic heterocycles. The molecule has 1 saturated heterocycles. The second-order valence-electron chi connectivity index (χ2n) is 7.24. The van der Waals surface area contributed by atoms with E-state index < -0.39 is 0 Å². The lowest BCUT2D eigenvalue weighted by atomic mass is 10.00. The van der Waals surface area contributed by atoms with Gasteiger partial charge in [-0.25, -0.2) is 4.98 Å². The summed E-state index contributed by atoms with van der Waals surface area (Å²) < 4.78 is 1.77. The molecule has 8 nitrogen and oxygen atoms in total. The Morgan fingerprint density at radius 2 is 2.32 bits per heavy atom. The highest BCUT2D eigenvalue weighted by Gasteiger charge is 2.16. The molecule has 1 amide bonds. The fraction of sp³-hybridized carbons (Fsp3) is 0.474. The summed E-state index contributed by atoms with van der Waals surface area (Å²) in [4.78, 5) is 20.1. The molecule has 1 fully saturated rings. The molecule has 1 atom stereocenters. The van der Waals surface area contributed by atoms with E-state index in [0.717, 1.165) is 49.3 Å². The zero-order valence-corrected chi connectivity index (χ0v) is 16.4. The molecule has 1 aromatic carbocycles. The average molecular weight is 402 g/mol. The van der Waals surface area contributed by atoms with Gasteiger partial charge in [-0.1, -0.05) is 16.8 Å². The molecule has 0 bridgehead atoms. The summed E-state index contributed by atoms with van der Waals surface area (Å²) in [5.74, 6) is 1.24. The van der Waals surface area contributed by atoms with E-state index in [2.05, 4.69) is 30.9 Å². The van der Waals surface area contributed by atoms with Gasteiger partial charge in [0.25, 0.3) is 5.91 Å². The van der Waals surface area contributed by atoms with Crippen LogP contribution in [0.3, 0.4) is 0 Å². The second kappa shape index (κ2) is 8.70. The molecule has 0 spiro atoms. The fourth-order valence-corrected chi connectivity index (χ4v) is 3.71. The largest absolute Gasteiger partial charge is 0.351 e. The van der Waals surface area contributed by atoms with Crippen LogP contribution in [0.15, 0.2) is 24.4 Å². The standard InChI is InChI=1S/C19H24ClN7O/c20-14-5-6-15-16(9-14)24-18(23-15)4-2-8-22-19(28)17-12-27(26-25-17)11-13-3-1-7-21-10-13/h5-6,9,12-13,21H,1-4,7-8,10-11H2,(H,22,28)(H,23,24). The number of rotatable bonds is 7. The molecule has 1 unspecified atom stereocenters. The van der Waals surface area contributed by atoms with Crippen molar-refractivity contribution in [2.75, 3.05) is 19.6 Å². The van der Waals surface area contributed by atoms with E-state index in [4.69, 9.17) is 11.6 Å². The lowest BCUT2D eigenvalue weighted by Gasteiger charge is -2.22. The van der Waals surface area contributed by atoms with Crippen molar-refractivity contribution in [3.63, 3.8) is 0 Å². The van der Waals surface area contributed by atoms with Gasteiger partial charge < -0.3 is 15.6 Å². The Morgan fingerprint density at radius 3 is 3.18 bits per heavy atom. The van der Waals surface area contributed by atoms with Crippen LogP contribution in [-0.4, -0.2) is 50.5 Å². The Balaban J connectivity index is 1.22. The van der Waals surface area contributed by atoms with Crippen LogP contribution in [0, 0.1) is 5.92 Å². The average Bonchev–Trinajstić information content (AvgIpc) is 3.32. The Hall–Kier alpha value is -2.45. The summed E-state index contributed by atoms with van der Waals surface area (Å²) in [6, 6.07) is 5.58. The van der Waals surface area contributed by atoms with Gasteiger partial charge in [-0.2, -0.15) is 0 Å². The van der Waals surface area contributed by atoms with Gasteiger partial charge in [0.1, 0.15) is 5.82 Å². The van der Waals surface area contributed by atoms with Crippen molar-refractivity contribution in [2.24, 2.45) is 5.92 Å². The highest BCUT2D eigenvalue weighted by molar-refractivity contribution is 6.31. The van der Waals surface area contributed by atoms with Crippen molar-refractivity contribution in [3.8, 4) is 0 Å². The number of halogens is 1. The monoisotopic (exact) mass is 401 g/mol. The number of aryl methyl sites for hydroxylation is 1. The number of aromatic amines is 1. The third kappa shape index (κ3) is 4.69. The molecule has 1 aliphatic heterocycles. The van der Waals surface area contributed by atoms with Crippen LogP contribution in [0.4, 0.5) is 0 Å². The lowest BCUT2D eigenvalue weighted by molar-refractivity contribution is 0.0948. The number of carbonyl (C=O) groups is 1. The maximum Gasteiger partial charge on any atom is 0.273 e. The van der Waals surface area contributed by atoms with Gasteiger partial charge in [0.15, 0.2) is 5.69 Å². The number of aromatic nitrogens is 5. The van der Waals surface area contributed by atoms with Gasteiger partial charge in [-0.05, 0) is 56.5 Å². The third-order valence-corrected chi connectivity index (χ3v) is 5.22. The highest BCUT2D eigenvalue weighted by atomic mass is 35.5. The molecule has 0 saturated carbocycles. The lowest BCUT2D eigenvalue weighted by Crippen LogP contribution is -2.32. The van der Waals surface area contributed by atoms with Crippen LogP contribution >= 0.6 is 11.6 Å².